The summed E-state index contributed by atoms with van der Waals surface area (Å²) in [5.74, 6) is 1.02. The Morgan fingerprint density at radius 3 is 3.19 bits per heavy atom. The molecular weight excluding hydrogens is 210 g/mol. The predicted molar refractivity (Wildman–Crippen MR) is 59.2 cm³/mol. The Morgan fingerprint density at radius 1 is 1.62 bits per heavy atom. The Labute approximate surface area is 92.1 Å². The average Bonchev–Trinajstić information content (AvgIpc) is 2.29. The number of hydrogen-bond acceptors (Lipinski definition) is 5. The molecule has 0 bridgehead atoms. The van der Waals surface area contributed by atoms with Crippen molar-refractivity contribution in [2.45, 2.75) is 0 Å². The van der Waals surface area contributed by atoms with Gasteiger partial charge in [-0.3, -0.25) is 5.32 Å². The minimum absolute atomic E-state index is 0.259. The number of carbonyl (C=O) groups is 1. The molecule has 1 aliphatic heterocycles. The van der Waals surface area contributed by atoms with Gasteiger partial charge in [-0.25, -0.2) is 9.79 Å². The zero-order valence-corrected chi connectivity index (χ0v) is 8.69. The van der Waals surface area contributed by atoms with E-state index < -0.39 is 6.09 Å². The summed E-state index contributed by atoms with van der Waals surface area (Å²) in [5.41, 5.74) is 6.76. The van der Waals surface area contributed by atoms with Crippen LogP contribution in [0.1, 0.15) is 0 Å². The molecule has 84 valence electrons. The lowest BCUT2D eigenvalue weighted by Gasteiger charge is -2.15. The SMILES string of the molecule is COC(=O)Nc1ccc2c(c1)OCC(N)=N2. The Hall–Kier alpha value is -2.24. The minimum Gasteiger partial charge on any atom is -0.483 e. The van der Waals surface area contributed by atoms with E-state index in [4.69, 9.17) is 10.5 Å². The maximum Gasteiger partial charge on any atom is 0.411 e. The summed E-state index contributed by atoms with van der Waals surface area (Å²) in [5, 5.41) is 2.53. The first-order valence-corrected chi connectivity index (χ1v) is 4.64. The van der Waals surface area contributed by atoms with Gasteiger partial charge in [0.1, 0.15) is 23.9 Å². The molecule has 0 saturated heterocycles. The average molecular weight is 221 g/mol. The quantitative estimate of drug-likeness (QED) is 0.747. The number of rotatable bonds is 1. The van der Waals surface area contributed by atoms with E-state index in [-0.39, 0.29) is 6.61 Å². The van der Waals surface area contributed by atoms with Crippen molar-refractivity contribution >= 4 is 23.3 Å². The van der Waals surface area contributed by atoms with Crippen LogP contribution in [0.5, 0.6) is 5.75 Å². The first-order chi connectivity index (χ1) is 7.69. The Bertz CT molecular complexity index is 457. The van der Waals surface area contributed by atoms with Crippen molar-refractivity contribution in [3.05, 3.63) is 18.2 Å². The van der Waals surface area contributed by atoms with Gasteiger partial charge in [0.25, 0.3) is 0 Å². The third-order valence-electron chi connectivity index (χ3n) is 2.03. The number of ether oxygens (including phenoxy) is 2. The fourth-order valence-electron chi connectivity index (χ4n) is 1.31. The molecule has 0 spiro atoms. The topological polar surface area (TPSA) is 85.9 Å². The van der Waals surface area contributed by atoms with Crippen LogP contribution in [0.15, 0.2) is 23.2 Å². The van der Waals surface area contributed by atoms with Crippen molar-refractivity contribution in [3.8, 4) is 5.75 Å². The van der Waals surface area contributed by atoms with Gasteiger partial charge in [-0.1, -0.05) is 0 Å². The van der Waals surface area contributed by atoms with Crippen molar-refractivity contribution in [2.75, 3.05) is 19.0 Å². The van der Waals surface area contributed by atoms with Gasteiger partial charge in [0.15, 0.2) is 0 Å². The van der Waals surface area contributed by atoms with E-state index in [9.17, 15) is 4.79 Å². The Balaban J connectivity index is 2.23. The molecule has 2 rings (SSSR count). The molecule has 16 heavy (non-hydrogen) atoms. The molecule has 0 radical (unpaired) electrons. The summed E-state index contributed by atoms with van der Waals surface area (Å²) >= 11 is 0. The fraction of sp³-hybridized carbons (Fsp3) is 0.200. The molecule has 0 aromatic heterocycles. The van der Waals surface area contributed by atoms with Crippen LogP contribution in [-0.4, -0.2) is 25.6 Å². The number of hydrogen-bond donors (Lipinski definition) is 2. The lowest BCUT2D eigenvalue weighted by atomic mass is 10.2. The van der Waals surface area contributed by atoms with Crippen molar-refractivity contribution in [1.29, 1.82) is 0 Å². The Morgan fingerprint density at radius 2 is 2.44 bits per heavy atom. The van der Waals surface area contributed by atoms with Crippen LogP contribution in [0.25, 0.3) is 0 Å². The highest BCUT2D eigenvalue weighted by Gasteiger charge is 2.12. The van der Waals surface area contributed by atoms with Gasteiger partial charge in [-0.15, -0.1) is 0 Å². The molecule has 1 amide bonds. The smallest absolute Gasteiger partial charge is 0.411 e. The molecule has 0 fully saturated rings. The van der Waals surface area contributed by atoms with Gasteiger partial charge in [0, 0.05) is 11.8 Å². The number of anilines is 1. The predicted octanol–water partition coefficient (Wildman–Crippen LogP) is 1.25. The second-order valence-corrected chi connectivity index (χ2v) is 3.19. The lowest BCUT2D eigenvalue weighted by Crippen LogP contribution is -2.23. The van der Waals surface area contributed by atoms with E-state index in [1.807, 2.05) is 0 Å². The molecule has 6 nitrogen and oxygen atoms in total. The number of nitrogens with two attached hydrogens (primary N) is 1. The summed E-state index contributed by atoms with van der Waals surface area (Å²) in [6, 6.07) is 5.08. The summed E-state index contributed by atoms with van der Waals surface area (Å²) in [6.45, 7) is 0.259. The maximum absolute atomic E-state index is 11.0. The number of benzene rings is 1. The standard InChI is InChI=1S/C10H11N3O3/c1-15-10(14)12-6-2-3-7-8(4-6)16-5-9(11)13-7/h2-4H,5H2,1H3,(H2,11,13)(H,12,14). The molecule has 1 heterocycles. The minimum atomic E-state index is -0.529. The lowest BCUT2D eigenvalue weighted by molar-refractivity contribution is 0.187. The van der Waals surface area contributed by atoms with Gasteiger partial charge >= 0.3 is 6.09 Å². The molecule has 1 aromatic carbocycles. The van der Waals surface area contributed by atoms with E-state index in [1.165, 1.54) is 7.11 Å². The Kier molecular flexibility index (Phi) is 2.63. The number of fused-ring (bicyclic) bond motifs is 1. The molecule has 0 atom stereocenters. The van der Waals surface area contributed by atoms with E-state index >= 15 is 0 Å². The zero-order chi connectivity index (χ0) is 11.5. The van der Waals surface area contributed by atoms with Gasteiger partial charge in [0.2, 0.25) is 0 Å². The summed E-state index contributed by atoms with van der Waals surface area (Å²) in [4.78, 5) is 15.1. The highest BCUT2D eigenvalue weighted by molar-refractivity contribution is 5.89. The zero-order valence-electron chi connectivity index (χ0n) is 8.69. The fourth-order valence-corrected chi connectivity index (χ4v) is 1.31. The van der Waals surface area contributed by atoms with Crippen LogP contribution in [0.4, 0.5) is 16.2 Å². The van der Waals surface area contributed by atoms with Crippen molar-refractivity contribution in [3.63, 3.8) is 0 Å². The summed E-state index contributed by atoms with van der Waals surface area (Å²) in [7, 11) is 1.30. The summed E-state index contributed by atoms with van der Waals surface area (Å²) in [6.07, 6.45) is -0.529. The first-order valence-electron chi connectivity index (χ1n) is 4.64. The van der Waals surface area contributed by atoms with E-state index in [0.717, 1.165) is 0 Å². The van der Waals surface area contributed by atoms with E-state index in [1.54, 1.807) is 18.2 Å². The van der Waals surface area contributed by atoms with Crippen molar-refractivity contribution in [2.24, 2.45) is 10.7 Å². The highest BCUT2D eigenvalue weighted by Crippen LogP contribution is 2.32. The largest absolute Gasteiger partial charge is 0.483 e. The number of nitrogens with one attached hydrogen (secondary N) is 1. The molecular formula is C10H11N3O3. The van der Waals surface area contributed by atoms with Crippen LogP contribution < -0.4 is 15.8 Å². The number of amides is 1. The monoisotopic (exact) mass is 221 g/mol. The summed E-state index contributed by atoms with van der Waals surface area (Å²) < 4.78 is 9.82. The second-order valence-electron chi connectivity index (χ2n) is 3.19. The van der Waals surface area contributed by atoms with Crippen LogP contribution >= 0.6 is 0 Å². The van der Waals surface area contributed by atoms with Gasteiger partial charge < -0.3 is 15.2 Å². The molecule has 1 aromatic rings. The maximum atomic E-state index is 11.0. The number of carbonyl (C=O) groups excluding carboxylic acids is 1. The molecule has 3 N–H and O–H groups in total. The van der Waals surface area contributed by atoms with Crippen molar-refractivity contribution in [1.82, 2.24) is 0 Å². The molecule has 0 saturated carbocycles. The second kappa shape index (κ2) is 4.09. The van der Waals surface area contributed by atoms with Crippen molar-refractivity contribution < 1.29 is 14.3 Å². The van der Waals surface area contributed by atoms with Crippen LogP contribution in [0, 0.1) is 0 Å². The third kappa shape index (κ3) is 2.05. The van der Waals surface area contributed by atoms with Gasteiger partial charge in [0.05, 0.1) is 7.11 Å². The number of aliphatic imine (C=N–C) groups is 1. The molecule has 1 aliphatic rings. The third-order valence-corrected chi connectivity index (χ3v) is 2.03. The first kappa shape index (κ1) is 10.3. The van der Waals surface area contributed by atoms with Crippen LogP contribution in [0.3, 0.4) is 0 Å². The van der Waals surface area contributed by atoms with E-state index in [0.29, 0.717) is 23.0 Å². The number of nitrogens with zero attached hydrogens (tertiary/aromatic N) is 1. The highest BCUT2D eigenvalue weighted by atomic mass is 16.5. The van der Waals surface area contributed by atoms with Gasteiger partial charge in [-0.05, 0) is 12.1 Å². The van der Waals surface area contributed by atoms with E-state index in [2.05, 4.69) is 15.0 Å². The van der Waals surface area contributed by atoms with Crippen LogP contribution in [-0.2, 0) is 4.74 Å². The van der Waals surface area contributed by atoms with Gasteiger partial charge in [-0.2, -0.15) is 0 Å². The molecule has 0 unspecified atom stereocenters. The number of methoxy groups -OCH3 is 1. The number of amidine groups is 1. The van der Waals surface area contributed by atoms with Crippen LogP contribution in [0.2, 0.25) is 0 Å². The normalized spacial score (nSPS) is 13.2. The molecule has 0 aliphatic carbocycles. The molecule has 6 heteroatoms.